The highest BCUT2D eigenvalue weighted by Gasteiger charge is 2.33. The van der Waals surface area contributed by atoms with Gasteiger partial charge < -0.3 is 24.5 Å². The summed E-state index contributed by atoms with van der Waals surface area (Å²) in [4.78, 5) is 45.8. The zero-order valence-corrected chi connectivity index (χ0v) is 31.2. The lowest BCUT2D eigenvalue weighted by atomic mass is 9.79. The van der Waals surface area contributed by atoms with E-state index in [0.717, 1.165) is 13.1 Å². The molecule has 2 saturated heterocycles. The summed E-state index contributed by atoms with van der Waals surface area (Å²) in [6.07, 6.45) is 6.48. The average Bonchev–Trinajstić information content (AvgIpc) is 3.04. The summed E-state index contributed by atoms with van der Waals surface area (Å²) >= 11 is 0. The number of carbonyl (C=O) groups excluding carboxylic acids is 3. The van der Waals surface area contributed by atoms with Crippen LogP contribution >= 0.6 is 0 Å². The molecule has 2 aliphatic heterocycles. The van der Waals surface area contributed by atoms with Crippen molar-refractivity contribution < 1.29 is 37.0 Å². The van der Waals surface area contributed by atoms with Crippen LogP contribution in [0.2, 0.25) is 0 Å². The van der Waals surface area contributed by atoms with Crippen molar-refractivity contribution in [2.75, 3.05) is 71.1 Å². The van der Waals surface area contributed by atoms with Crippen LogP contribution in [0, 0.1) is 29.5 Å². The Bertz CT molecular complexity index is 1530. The van der Waals surface area contributed by atoms with E-state index < -0.39 is 57.5 Å². The number of sulfonamides is 1. The predicted octanol–water partition coefficient (Wildman–Crippen LogP) is 4.22. The average molecular weight is 719 g/mol. The maximum absolute atomic E-state index is 15.0. The number of ketones is 2. The van der Waals surface area contributed by atoms with E-state index in [9.17, 15) is 27.9 Å². The van der Waals surface area contributed by atoms with Gasteiger partial charge in [-0.05, 0) is 87.2 Å². The molecule has 5 atom stereocenters. The van der Waals surface area contributed by atoms with Crippen LogP contribution < -0.4 is 4.90 Å². The molecule has 0 aromatic heterocycles. The Kier molecular flexibility index (Phi) is 13.8. The molecule has 2 heterocycles. The van der Waals surface area contributed by atoms with E-state index in [4.69, 9.17) is 4.74 Å². The molecule has 0 saturated carbocycles. The van der Waals surface area contributed by atoms with E-state index >= 15 is 4.39 Å². The van der Waals surface area contributed by atoms with Crippen molar-refractivity contribution in [2.45, 2.75) is 65.1 Å². The maximum atomic E-state index is 15.0. The minimum atomic E-state index is -3.22. The van der Waals surface area contributed by atoms with Gasteiger partial charge in [-0.15, -0.1) is 0 Å². The fourth-order valence-corrected chi connectivity index (χ4v) is 8.03. The molecule has 1 aromatic rings. The van der Waals surface area contributed by atoms with E-state index in [2.05, 4.69) is 4.90 Å². The molecule has 50 heavy (non-hydrogen) atoms. The summed E-state index contributed by atoms with van der Waals surface area (Å²) in [5.41, 5.74) is 1.75. The van der Waals surface area contributed by atoms with Crippen LogP contribution in [-0.4, -0.2) is 124 Å². The number of halogens is 1. The first-order valence-electron chi connectivity index (χ1n) is 17.7. The third-order valence-electron chi connectivity index (χ3n) is 10.4. The zero-order valence-electron chi connectivity index (χ0n) is 30.4. The molecule has 278 valence electrons. The fourth-order valence-electron chi connectivity index (χ4n) is 7.16. The van der Waals surface area contributed by atoms with Crippen molar-refractivity contribution in [3.63, 3.8) is 0 Å². The number of allylic oxidation sites excluding steroid dienone is 2. The number of piperazine rings is 1. The summed E-state index contributed by atoms with van der Waals surface area (Å²) in [6, 6.07) is 4.66. The number of hydrogen-bond acceptors (Lipinski definition) is 9. The molecule has 1 aliphatic carbocycles. The number of rotatable bonds is 7. The molecule has 2 fully saturated rings. The maximum Gasteiger partial charge on any atom is 0.410 e. The number of amides is 1. The van der Waals surface area contributed by atoms with E-state index in [1.807, 2.05) is 45.0 Å². The SMILES string of the molecule is C/C(=C\c1cc(F)cc(N(C)CC2CCN(S(C)(=O)=O)CC2)c1)[C@H]1C(=O)C(=O)C[C@H](O)CC[C@H](C)[C@@H](OC(=O)N2CCN(C)CC2)/C=C/[C@@H]1C. The lowest BCUT2D eigenvalue weighted by Gasteiger charge is -2.33. The number of aliphatic hydroxyl groups excluding tert-OH is 1. The molecule has 1 N–H and O–H groups in total. The van der Waals surface area contributed by atoms with Crippen molar-refractivity contribution in [3.8, 4) is 0 Å². The second-order valence-electron chi connectivity index (χ2n) is 14.7. The van der Waals surface area contributed by atoms with Crippen molar-refractivity contribution in [1.82, 2.24) is 14.1 Å². The number of hydrogen-bond donors (Lipinski definition) is 1. The molecule has 3 aliphatic rings. The highest BCUT2D eigenvalue weighted by atomic mass is 32.2. The van der Waals surface area contributed by atoms with Crippen LogP contribution in [0.15, 0.2) is 35.9 Å². The normalized spacial score (nSPS) is 28.1. The Morgan fingerprint density at radius 1 is 1.02 bits per heavy atom. The monoisotopic (exact) mass is 718 g/mol. The molecule has 0 bridgehead atoms. The number of nitrogens with zero attached hydrogens (tertiary/aromatic N) is 4. The Morgan fingerprint density at radius 3 is 2.32 bits per heavy atom. The molecule has 0 radical (unpaired) electrons. The minimum Gasteiger partial charge on any atom is -0.442 e. The molecular weight excluding hydrogens is 663 g/mol. The third-order valence-corrected chi connectivity index (χ3v) is 11.7. The number of anilines is 1. The number of benzene rings is 1. The van der Waals surface area contributed by atoms with Gasteiger partial charge in [0, 0.05) is 65.0 Å². The van der Waals surface area contributed by atoms with E-state index in [-0.39, 0.29) is 24.7 Å². The quantitative estimate of drug-likeness (QED) is 0.326. The summed E-state index contributed by atoms with van der Waals surface area (Å²) in [5.74, 6) is -2.95. The Morgan fingerprint density at radius 2 is 1.68 bits per heavy atom. The first-order chi connectivity index (χ1) is 23.5. The molecule has 1 aromatic carbocycles. The number of likely N-dealkylation sites (N-methyl/N-ethyl adjacent to an activating group) is 1. The van der Waals surface area contributed by atoms with Crippen molar-refractivity contribution in [1.29, 1.82) is 0 Å². The molecule has 0 unspecified atom stereocenters. The molecular formula is C37H55FN4O7S. The summed E-state index contributed by atoms with van der Waals surface area (Å²) in [7, 11) is 0.658. The Balaban J connectivity index is 1.55. The van der Waals surface area contributed by atoms with E-state index in [1.165, 1.54) is 22.7 Å². The van der Waals surface area contributed by atoms with Gasteiger partial charge in [0.25, 0.3) is 0 Å². The van der Waals surface area contributed by atoms with Gasteiger partial charge in [0.1, 0.15) is 11.9 Å². The van der Waals surface area contributed by atoms with Crippen LogP contribution in [0.1, 0.15) is 58.4 Å². The van der Waals surface area contributed by atoms with E-state index in [1.54, 1.807) is 24.0 Å². The van der Waals surface area contributed by atoms with Gasteiger partial charge in [-0.2, -0.15) is 0 Å². The van der Waals surface area contributed by atoms with Crippen LogP contribution in [0.5, 0.6) is 0 Å². The Labute approximate surface area is 297 Å². The number of carbonyl (C=O) groups is 3. The van der Waals surface area contributed by atoms with Gasteiger partial charge >= 0.3 is 6.09 Å². The lowest BCUT2D eigenvalue weighted by Crippen LogP contribution is -2.48. The van der Waals surface area contributed by atoms with Gasteiger partial charge in [-0.1, -0.05) is 31.6 Å². The second kappa shape index (κ2) is 17.4. The molecule has 13 heteroatoms. The minimum absolute atomic E-state index is 0.139. The van der Waals surface area contributed by atoms with Crippen LogP contribution in [-0.2, 0) is 24.3 Å². The highest BCUT2D eigenvalue weighted by molar-refractivity contribution is 7.88. The van der Waals surface area contributed by atoms with Crippen LogP contribution in [0.25, 0.3) is 6.08 Å². The standard InChI is InChI=1S/C37H55FN4O7S/c1-25-7-9-32(43)23-33(44)36(45)35(26(2)8-10-34(25)49-37(46)41-17-15-39(4)16-18-41)27(3)19-29-20-30(38)22-31(21-29)40(5)24-28-11-13-42(14-12-28)50(6,47)48/h8,10,19-22,25-26,28,32,34-35,43H,7,9,11-18,23-24H2,1-6H3/b10-8+,27-19+/t25-,26-,32+,34-,35-/m0/s1. The summed E-state index contributed by atoms with van der Waals surface area (Å²) in [6.45, 7) is 9.73. The largest absolute Gasteiger partial charge is 0.442 e. The highest BCUT2D eigenvalue weighted by Crippen LogP contribution is 2.30. The van der Waals surface area contributed by atoms with Crippen LogP contribution in [0.4, 0.5) is 14.9 Å². The Hall–Kier alpha value is -3.13. The number of ether oxygens (including phenoxy) is 1. The number of aliphatic hydroxyl groups is 1. The van der Waals surface area contributed by atoms with Crippen molar-refractivity contribution >= 4 is 39.4 Å². The van der Waals surface area contributed by atoms with Gasteiger partial charge in [-0.25, -0.2) is 21.9 Å². The molecule has 4 rings (SSSR count). The number of piperidine rings is 1. The van der Waals surface area contributed by atoms with Gasteiger partial charge in [0.2, 0.25) is 21.6 Å². The first kappa shape index (κ1) is 39.7. The third kappa shape index (κ3) is 10.9. The van der Waals surface area contributed by atoms with Gasteiger partial charge in [0.05, 0.1) is 18.3 Å². The van der Waals surface area contributed by atoms with Gasteiger partial charge in [0.15, 0.2) is 0 Å². The fraction of sp³-hybridized carbons (Fsp3) is 0.649. The van der Waals surface area contributed by atoms with E-state index in [0.29, 0.717) is 68.8 Å². The first-order valence-corrected chi connectivity index (χ1v) is 19.6. The number of Topliss-reactive ketones (excluding diaryl/α,β-unsaturated/α-hetero) is 2. The topological polar surface area (TPSA) is 128 Å². The van der Waals surface area contributed by atoms with Crippen molar-refractivity contribution in [2.24, 2.45) is 23.7 Å². The molecule has 11 nitrogen and oxygen atoms in total. The lowest BCUT2D eigenvalue weighted by molar-refractivity contribution is -0.140. The molecule has 0 spiro atoms. The van der Waals surface area contributed by atoms with Crippen LogP contribution in [0.3, 0.4) is 0 Å². The van der Waals surface area contributed by atoms with Crippen molar-refractivity contribution in [3.05, 3.63) is 47.3 Å². The zero-order chi connectivity index (χ0) is 36.7. The second-order valence-corrected chi connectivity index (χ2v) is 16.7. The molecule has 1 amide bonds. The summed E-state index contributed by atoms with van der Waals surface area (Å²) < 4.78 is 46.3. The van der Waals surface area contributed by atoms with Gasteiger partial charge in [-0.3, -0.25) is 9.59 Å². The smallest absolute Gasteiger partial charge is 0.410 e. The summed E-state index contributed by atoms with van der Waals surface area (Å²) in [5, 5.41) is 10.7. The predicted molar refractivity (Wildman–Crippen MR) is 193 cm³/mol.